The molecule has 2 nitrogen and oxygen atoms in total. The van der Waals surface area contributed by atoms with Crippen LogP contribution in [0, 0.1) is 0 Å². The van der Waals surface area contributed by atoms with E-state index in [4.69, 9.17) is 0 Å². The van der Waals surface area contributed by atoms with Gasteiger partial charge in [0.05, 0.1) is 0 Å². The third-order valence-corrected chi connectivity index (χ3v) is 19.4. The minimum absolute atomic E-state index is 0.0341. The van der Waals surface area contributed by atoms with Gasteiger partial charge in [-0.05, 0) is 0 Å². The summed E-state index contributed by atoms with van der Waals surface area (Å²) in [4.78, 5) is 0. The Bertz CT molecular complexity index is 5250. The number of nitrogens with zero attached hydrogens (tertiary/aromatic N) is 2. The minimum Gasteiger partial charge on any atom is -0.0602 e. The summed E-state index contributed by atoms with van der Waals surface area (Å²) in [5.41, 5.74) is 17.4. The van der Waals surface area contributed by atoms with E-state index in [1.54, 1.807) is 0 Å². The van der Waals surface area contributed by atoms with E-state index in [1.165, 1.54) is 151 Å². The second-order valence-corrected chi connectivity index (χ2v) is 23.2. The zero-order valence-electron chi connectivity index (χ0n) is 42.9. The van der Waals surface area contributed by atoms with Gasteiger partial charge < -0.3 is 0 Å². The first-order valence-electron chi connectivity index (χ1n) is 27.3. The molecule has 0 N–H and O–H groups in total. The predicted octanol–water partition coefficient (Wildman–Crippen LogP) is 20.5. The van der Waals surface area contributed by atoms with Crippen LogP contribution in [0.5, 0.6) is 0 Å². The van der Waals surface area contributed by atoms with Crippen molar-refractivity contribution in [2.24, 2.45) is 0 Å². The number of rotatable bonds is 6. The fourth-order valence-electron chi connectivity index (χ4n) is 13.7. The molecular weight excluding hydrogens is 1020 g/mol. The molecule has 0 bridgehead atoms. The zero-order chi connectivity index (χ0) is 51.7. The summed E-state index contributed by atoms with van der Waals surface area (Å²) in [5, 5.41) is 17.8. The van der Waals surface area contributed by atoms with Crippen molar-refractivity contribution < 1.29 is 0 Å². The van der Waals surface area contributed by atoms with Crippen molar-refractivity contribution in [2.45, 2.75) is 0 Å². The van der Waals surface area contributed by atoms with E-state index in [1.807, 2.05) is 0 Å². The first-order valence-corrected chi connectivity index (χ1v) is 29.0. The second-order valence-electron chi connectivity index (χ2n) is 21.0. The van der Waals surface area contributed by atoms with Crippen molar-refractivity contribution in [1.29, 1.82) is 0 Å². The quantitative estimate of drug-likeness (QED) is 0.116. The number of hydrogen-bond donors (Lipinski definition) is 0. The fourth-order valence-corrected chi connectivity index (χ4v) is 16.4. The van der Waals surface area contributed by atoms with Gasteiger partial charge in [-0.15, -0.1) is 0 Å². The van der Waals surface area contributed by atoms with Crippen LogP contribution in [0.25, 0.3) is 162 Å². The summed E-state index contributed by atoms with van der Waals surface area (Å²) in [6, 6.07) is 104. The predicted molar refractivity (Wildman–Crippen MR) is 339 cm³/mol. The molecule has 3 aromatic heterocycles. The van der Waals surface area contributed by atoms with Crippen LogP contribution >= 0.6 is 0 Å². The molecule has 17 rings (SSSR count). The Labute approximate surface area is 461 Å². The van der Waals surface area contributed by atoms with Crippen LogP contribution in [0.15, 0.2) is 279 Å². The molecule has 0 radical (unpaired) electrons. The molecule has 0 amide bonds. The zero-order valence-corrected chi connectivity index (χ0v) is 44.6. The number of aromatic nitrogens is 2. The molecule has 3 heteroatoms. The first-order chi connectivity index (χ1) is 39.3. The van der Waals surface area contributed by atoms with E-state index in [9.17, 15) is 0 Å². The number of hydrogen-bond acceptors (Lipinski definition) is 0. The normalized spacial score (nSPS) is 12.1. The molecule has 79 heavy (non-hydrogen) atoms. The Hall–Kier alpha value is -9.76. The molecule has 0 fully saturated rings. The van der Waals surface area contributed by atoms with Gasteiger partial charge in [0.25, 0.3) is 0 Å². The SMILES string of the molecule is c1ccc(-n2c3ccccc3c3cccc(-c4c5ccccc5c(-c5ccc6c(c5)[se]c5c(-c7c8ccccc8c(-c8cccc9c%10ccccc%10n(-c%10ccccc%10)c89)c8ccccc78)cccc56)c5ccccc45)c32)cc1. The van der Waals surface area contributed by atoms with Crippen LogP contribution in [-0.2, 0) is 0 Å². The third-order valence-electron chi connectivity index (χ3n) is 16.9. The van der Waals surface area contributed by atoms with Crippen molar-refractivity contribution in [3.8, 4) is 55.9 Å². The topological polar surface area (TPSA) is 9.86 Å². The Morgan fingerprint density at radius 2 is 0.570 bits per heavy atom. The molecule has 3 heterocycles. The molecule has 0 saturated carbocycles. The summed E-state index contributed by atoms with van der Waals surface area (Å²) in [6.07, 6.45) is 0. The molecule has 0 atom stereocenters. The van der Waals surface area contributed by atoms with Crippen molar-refractivity contribution >= 4 is 120 Å². The van der Waals surface area contributed by atoms with Crippen LogP contribution < -0.4 is 0 Å². The Morgan fingerprint density at radius 3 is 1.01 bits per heavy atom. The molecule has 0 spiro atoms. The fraction of sp³-hybridized carbons (Fsp3) is 0. The minimum atomic E-state index is 0.0341. The van der Waals surface area contributed by atoms with E-state index in [2.05, 4.69) is 288 Å². The van der Waals surface area contributed by atoms with Gasteiger partial charge >= 0.3 is 428 Å². The monoisotopic (exact) mass is 1070 g/mol. The average Bonchev–Trinajstić information content (AvgIpc) is 4.27. The van der Waals surface area contributed by atoms with Gasteiger partial charge in [-0.1, -0.05) is 36.4 Å². The van der Waals surface area contributed by atoms with Gasteiger partial charge in [0.15, 0.2) is 0 Å². The second kappa shape index (κ2) is 17.4. The molecular formula is C76H46N2Se. The van der Waals surface area contributed by atoms with E-state index < -0.39 is 0 Å². The number of para-hydroxylation sites is 6. The van der Waals surface area contributed by atoms with Crippen molar-refractivity contribution in [2.75, 3.05) is 0 Å². The van der Waals surface area contributed by atoms with Crippen LogP contribution in [0.4, 0.5) is 0 Å². The summed E-state index contributed by atoms with van der Waals surface area (Å²) in [6.45, 7) is 0. The molecule has 14 aromatic carbocycles. The Kier molecular flexibility index (Phi) is 9.76. The summed E-state index contributed by atoms with van der Waals surface area (Å²) in [7, 11) is 0. The molecule has 0 unspecified atom stereocenters. The standard InChI is InChI=1S/C76H46N2Se/c1-3-22-48(23-4-1)77-67-42-17-15-26-50(67)61-36-19-39-64(74(61)77)71-55-30-9-7-28-53(55)70(54-29-8-10-31-56(54)71)47-44-45-52-63-38-21-41-66(76(63)79-69(52)46-47)73-59-34-13-11-32-57(59)72(58-33-12-14-35-60(58)73)65-40-20-37-62-51-27-16-18-43-68(51)78(75(62)65)49-24-5-2-6-25-49/h1-46H. The van der Waals surface area contributed by atoms with Crippen LogP contribution in [-0.4, -0.2) is 23.6 Å². The van der Waals surface area contributed by atoms with Gasteiger partial charge in [0.1, 0.15) is 0 Å². The Morgan fingerprint density at radius 1 is 0.228 bits per heavy atom. The van der Waals surface area contributed by atoms with E-state index >= 15 is 0 Å². The van der Waals surface area contributed by atoms with Gasteiger partial charge in [0, 0.05) is 0 Å². The van der Waals surface area contributed by atoms with Crippen molar-refractivity contribution in [3.05, 3.63) is 279 Å². The van der Waals surface area contributed by atoms with Crippen LogP contribution in [0.1, 0.15) is 0 Å². The van der Waals surface area contributed by atoms with Gasteiger partial charge in [0.2, 0.25) is 0 Å². The third kappa shape index (κ3) is 6.46. The number of fused-ring (bicyclic) bond motifs is 13. The van der Waals surface area contributed by atoms with Crippen molar-refractivity contribution in [3.63, 3.8) is 0 Å². The molecule has 0 aliphatic carbocycles. The molecule has 0 saturated heterocycles. The molecule has 17 aromatic rings. The smallest absolute Gasteiger partial charge is 0.0602 e. The van der Waals surface area contributed by atoms with Crippen LogP contribution in [0.2, 0.25) is 0 Å². The maximum absolute atomic E-state index is 2.53. The maximum atomic E-state index is 2.53. The summed E-state index contributed by atoms with van der Waals surface area (Å²) < 4.78 is 7.82. The van der Waals surface area contributed by atoms with E-state index in [0.717, 1.165) is 11.4 Å². The van der Waals surface area contributed by atoms with E-state index in [-0.39, 0.29) is 14.5 Å². The van der Waals surface area contributed by atoms with Crippen LogP contribution in [0.3, 0.4) is 0 Å². The molecule has 0 aliphatic rings. The molecule has 366 valence electrons. The van der Waals surface area contributed by atoms with Crippen molar-refractivity contribution in [1.82, 2.24) is 9.13 Å². The summed E-state index contributed by atoms with van der Waals surface area (Å²) >= 11 is 0.0341. The van der Waals surface area contributed by atoms with Gasteiger partial charge in [-0.3, -0.25) is 0 Å². The first kappa shape index (κ1) is 44.4. The summed E-state index contributed by atoms with van der Waals surface area (Å²) in [5.74, 6) is 0. The Balaban J connectivity index is 0.881. The molecule has 0 aliphatic heterocycles. The van der Waals surface area contributed by atoms with E-state index in [0.29, 0.717) is 0 Å². The number of benzene rings is 14. The van der Waals surface area contributed by atoms with Gasteiger partial charge in [-0.25, -0.2) is 0 Å². The average molecular weight is 1070 g/mol. The van der Waals surface area contributed by atoms with Gasteiger partial charge in [-0.2, -0.15) is 0 Å².